The monoisotopic (exact) mass is 228 g/mol. The van der Waals surface area contributed by atoms with E-state index in [-0.39, 0.29) is 5.75 Å². The molecule has 0 saturated heterocycles. The van der Waals surface area contributed by atoms with Gasteiger partial charge in [0.05, 0.1) is 0 Å². The summed E-state index contributed by atoms with van der Waals surface area (Å²) in [5.74, 6) is 0.160. The van der Waals surface area contributed by atoms with E-state index >= 15 is 0 Å². The van der Waals surface area contributed by atoms with Gasteiger partial charge in [-0.15, -0.1) is 0 Å². The topological polar surface area (TPSA) is 56.1 Å². The second kappa shape index (κ2) is 7.06. The Hall–Kier alpha value is -2.29. The zero-order chi connectivity index (χ0) is 12.5. The van der Waals surface area contributed by atoms with Crippen LogP contribution in [0, 0.1) is 5.41 Å². The molecule has 0 amide bonds. The van der Waals surface area contributed by atoms with Gasteiger partial charge in [-0.1, -0.05) is 30.3 Å². The molecule has 88 valence electrons. The average molecular weight is 228 g/mol. The molecule has 3 nitrogen and oxygen atoms in total. The third kappa shape index (κ3) is 4.38. The van der Waals surface area contributed by atoms with Gasteiger partial charge in [-0.2, -0.15) is 0 Å². The van der Waals surface area contributed by atoms with Crippen molar-refractivity contribution in [1.82, 2.24) is 0 Å². The molecular formula is C14H16N2O. The van der Waals surface area contributed by atoms with Crippen LogP contribution in [0.5, 0.6) is 5.75 Å². The van der Waals surface area contributed by atoms with Gasteiger partial charge in [0.1, 0.15) is 5.75 Å². The van der Waals surface area contributed by atoms with E-state index in [2.05, 4.69) is 5.32 Å². The van der Waals surface area contributed by atoms with Crippen LogP contribution in [-0.2, 0) is 0 Å². The van der Waals surface area contributed by atoms with Crippen LogP contribution in [0.2, 0.25) is 0 Å². The van der Waals surface area contributed by atoms with Crippen molar-refractivity contribution in [3.63, 3.8) is 0 Å². The SMILES string of the molecule is CNc1ccccc1.N=Cc1ccccc1O. The van der Waals surface area contributed by atoms with Gasteiger partial charge >= 0.3 is 0 Å². The molecule has 3 heteroatoms. The molecule has 0 atom stereocenters. The minimum atomic E-state index is 0.160. The molecule has 2 aromatic rings. The van der Waals surface area contributed by atoms with Gasteiger partial charge in [0.15, 0.2) is 0 Å². The van der Waals surface area contributed by atoms with E-state index in [9.17, 15) is 0 Å². The Morgan fingerprint density at radius 2 is 1.59 bits per heavy atom. The number of hydrogen-bond donors (Lipinski definition) is 3. The zero-order valence-corrected chi connectivity index (χ0v) is 9.72. The highest BCUT2D eigenvalue weighted by molar-refractivity contribution is 5.80. The summed E-state index contributed by atoms with van der Waals surface area (Å²) < 4.78 is 0. The van der Waals surface area contributed by atoms with Gasteiger partial charge in [0.25, 0.3) is 0 Å². The number of anilines is 1. The van der Waals surface area contributed by atoms with Crippen molar-refractivity contribution in [2.24, 2.45) is 0 Å². The normalized spacial score (nSPS) is 8.76. The summed E-state index contributed by atoms with van der Waals surface area (Å²) in [7, 11) is 1.91. The minimum absolute atomic E-state index is 0.160. The summed E-state index contributed by atoms with van der Waals surface area (Å²) in [5.41, 5.74) is 1.71. The molecule has 17 heavy (non-hydrogen) atoms. The van der Waals surface area contributed by atoms with Crippen molar-refractivity contribution in [3.8, 4) is 5.75 Å². The summed E-state index contributed by atoms with van der Waals surface area (Å²) in [6.07, 6.45) is 1.12. The second-order valence-electron chi connectivity index (χ2n) is 3.32. The highest BCUT2D eigenvalue weighted by atomic mass is 16.3. The molecule has 2 aromatic carbocycles. The average Bonchev–Trinajstić information content (AvgIpc) is 2.41. The predicted octanol–water partition coefficient (Wildman–Crippen LogP) is 3.12. The van der Waals surface area contributed by atoms with Crippen molar-refractivity contribution in [3.05, 3.63) is 60.2 Å². The fourth-order valence-electron chi connectivity index (χ4n) is 1.21. The first kappa shape index (κ1) is 12.8. The van der Waals surface area contributed by atoms with E-state index < -0.39 is 0 Å². The van der Waals surface area contributed by atoms with Gasteiger partial charge in [-0.05, 0) is 24.3 Å². The Bertz CT molecular complexity index is 455. The number of benzene rings is 2. The van der Waals surface area contributed by atoms with E-state index in [0.717, 1.165) is 11.9 Å². The number of phenolic OH excluding ortho intramolecular Hbond substituents is 1. The van der Waals surface area contributed by atoms with E-state index in [0.29, 0.717) is 5.56 Å². The van der Waals surface area contributed by atoms with Crippen molar-refractivity contribution in [2.75, 3.05) is 12.4 Å². The van der Waals surface area contributed by atoms with Crippen LogP contribution in [0.15, 0.2) is 54.6 Å². The first-order valence-corrected chi connectivity index (χ1v) is 5.29. The molecule has 0 aliphatic carbocycles. The maximum atomic E-state index is 8.96. The van der Waals surface area contributed by atoms with Crippen LogP contribution in [0.25, 0.3) is 0 Å². The van der Waals surface area contributed by atoms with E-state index in [1.165, 1.54) is 0 Å². The summed E-state index contributed by atoms with van der Waals surface area (Å²) in [6.45, 7) is 0. The Labute approximate surface area is 101 Å². The summed E-state index contributed by atoms with van der Waals surface area (Å²) in [4.78, 5) is 0. The van der Waals surface area contributed by atoms with Gasteiger partial charge in [-0.3, -0.25) is 0 Å². The Morgan fingerprint density at radius 3 is 2.00 bits per heavy atom. The van der Waals surface area contributed by atoms with Crippen LogP contribution in [0.1, 0.15) is 5.56 Å². The van der Waals surface area contributed by atoms with E-state index in [1.54, 1.807) is 24.3 Å². The summed E-state index contributed by atoms with van der Waals surface area (Å²) >= 11 is 0. The smallest absolute Gasteiger partial charge is 0.124 e. The predicted molar refractivity (Wildman–Crippen MR) is 72.0 cm³/mol. The molecule has 0 aliphatic rings. The number of phenols is 1. The van der Waals surface area contributed by atoms with Crippen molar-refractivity contribution >= 4 is 11.9 Å². The largest absolute Gasteiger partial charge is 0.507 e. The molecule has 0 heterocycles. The number of hydrogen-bond acceptors (Lipinski definition) is 3. The lowest BCUT2D eigenvalue weighted by molar-refractivity contribution is 0.474. The van der Waals surface area contributed by atoms with Gasteiger partial charge in [0.2, 0.25) is 0 Å². The maximum Gasteiger partial charge on any atom is 0.124 e. The lowest BCUT2D eigenvalue weighted by Crippen LogP contribution is -1.84. The van der Waals surface area contributed by atoms with Crippen molar-refractivity contribution < 1.29 is 5.11 Å². The first-order valence-electron chi connectivity index (χ1n) is 5.29. The van der Waals surface area contributed by atoms with Gasteiger partial charge < -0.3 is 15.8 Å². The van der Waals surface area contributed by atoms with Crippen LogP contribution in [0.4, 0.5) is 5.69 Å². The standard InChI is InChI=1S/C7H7NO.C7H9N/c8-5-6-3-1-2-4-7(6)9;1-8-7-5-3-2-4-6-7/h1-5,8-9H;2-6,8H,1H3. The summed E-state index contributed by atoms with van der Waals surface area (Å²) in [6, 6.07) is 16.8. The quantitative estimate of drug-likeness (QED) is 0.692. The number of rotatable bonds is 2. The van der Waals surface area contributed by atoms with E-state index in [1.807, 2.05) is 37.4 Å². The maximum absolute atomic E-state index is 8.96. The molecule has 0 aromatic heterocycles. The Kier molecular flexibility index (Phi) is 5.31. The van der Waals surface area contributed by atoms with Crippen molar-refractivity contribution in [1.29, 1.82) is 5.41 Å². The van der Waals surface area contributed by atoms with Crippen molar-refractivity contribution in [2.45, 2.75) is 0 Å². The third-order valence-electron chi connectivity index (χ3n) is 2.15. The molecule has 0 radical (unpaired) electrons. The molecule has 0 bridgehead atoms. The van der Waals surface area contributed by atoms with Gasteiger partial charge in [0, 0.05) is 24.5 Å². The minimum Gasteiger partial charge on any atom is -0.507 e. The lowest BCUT2D eigenvalue weighted by Gasteiger charge is -1.94. The Balaban J connectivity index is 0.000000171. The Morgan fingerprint density at radius 1 is 1.00 bits per heavy atom. The van der Waals surface area contributed by atoms with Crippen LogP contribution >= 0.6 is 0 Å². The zero-order valence-electron chi connectivity index (χ0n) is 9.72. The highest BCUT2D eigenvalue weighted by Crippen LogP contribution is 2.11. The molecule has 0 fully saturated rings. The number of para-hydroxylation sites is 2. The number of nitrogens with one attached hydrogen (secondary N) is 2. The molecule has 0 saturated carbocycles. The first-order chi connectivity index (χ1) is 8.27. The molecular weight excluding hydrogens is 212 g/mol. The molecule has 0 aliphatic heterocycles. The third-order valence-corrected chi connectivity index (χ3v) is 2.15. The molecule has 0 spiro atoms. The second-order valence-corrected chi connectivity index (χ2v) is 3.32. The molecule has 0 unspecified atom stereocenters. The number of aromatic hydroxyl groups is 1. The summed E-state index contributed by atoms with van der Waals surface area (Å²) in [5, 5.41) is 18.8. The highest BCUT2D eigenvalue weighted by Gasteiger charge is 1.91. The van der Waals surface area contributed by atoms with Gasteiger partial charge in [-0.25, -0.2) is 0 Å². The van der Waals surface area contributed by atoms with Crippen LogP contribution in [0.3, 0.4) is 0 Å². The van der Waals surface area contributed by atoms with E-state index in [4.69, 9.17) is 10.5 Å². The van der Waals surface area contributed by atoms with Crippen LogP contribution in [-0.4, -0.2) is 18.4 Å². The fourth-order valence-corrected chi connectivity index (χ4v) is 1.21. The molecule has 3 N–H and O–H groups in total. The lowest BCUT2D eigenvalue weighted by atomic mass is 10.2. The fraction of sp³-hybridized carbons (Fsp3) is 0.0714. The molecule has 2 rings (SSSR count). The van der Waals surface area contributed by atoms with Crippen LogP contribution < -0.4 is 5.32 Å².